The van der Waals surface area contributed by atoms with Gasteiger partial charge in [0.25, 0.3) is 0 Å². The minimum Gasteiger partial charge on any atom is -0.324 e. The van der Waals surface area contributed by atoms with Crippen LogP contribution in [0.2, 0.25) is 5.02 Å². The molecule has 1 aliphatic rings. The first kappa shape index (κ1) is 16.3. The van der Waals surface area contributed by atoms with Crippen LogP contribution in [-0.4, -0.2) is 38.0 Å². The van der Waals surface area contributed by atoms with Crippen molar-refractivity contribution < 1.29 is 13.2 Å². The minimum atomic E-state index is -3.25. The number of hydrogen-bond donors (Lipinski definition) is 1. The molecular weight excluding hydrogens is 312 g/mol. The summed E-state index contributed by atoms with van der Waals surface area (Å²) in [6, 6.07) is 5.40. The molecule has 1 atom stereocenters. The molecule has 0 saturated carbocycles. The molecule has 0 bridgehead atoms. The first-order valence-electron chi connectivity index (χ1n) is 6.79. The zero-order valence-electron chi connectivity index (χ0n) is 12.1. The maximum Gasteiger partial charge on any atom is 0.228 e. The second kappa shape index (κ2) is 6.34. The third-order valence-corrected chi connectivity index (χ3v) is 5.19. The van der Waals surface area contributed by atoms with Gasteiger partial charge in [-0.2, -0.15) is 0 Å². The number of rotatable bonds is 3. The molecule has 0 aliphatic carbocycles. The van der Waals surface area contributed by atoms with Crippen LogP contribution in [-0.2, 0) is 14.8 Å². The second-order valence-electron chi connectivity index (χ2n) is 5.43. The number of benzene rings is 1. The van der Waals surface area contributed by atoms with E-state index in [2.05, 4.69) is 5.32 Å². The van der Waals surface area contributed by atoms with Crippen molar-refractivity contribution in [1.29, 1.82) is 0 Å². The molecule has 0 spiro atoms. The topological polar surface area (TPSA) is 66.5 Å². The van der Waals surface area contributed by atoms with Gasteiger partial charge in [0.2, 0.25) is 15.9 Å². The largest absolute Gasteiger partial charge is 0.324 e. The number of halogens is 1. The Kier molecular flexibility index (Phi) is 4.91. The summed E-state index contributed by atoms with van der Waals surface area (Å²) in [6.45, 7) is 2.63. The number of amides is 1. The average molecular weight is 331 g/mol. The fourth-order valence-electron chi connectivity index (χ4n) is 2.41. The molecule has 7 heteroatoms. The second-order valence-corrected chi connectivity index (χ2v) is 7.82. The first-order chi connectivity index (χ1) is 9.77. The summed E-state index contributed by atoms with van der Waals surface area (Å²) >= 11 is 6.09. The lowest BCUT2D eigenvalue weighted by molar-refractivity contribution is -0.120. The molecule has 21 heavy (non-hydrogen) atoms. The zero-order chi connectivity index (χ0) is 15.6. The van der Waals surface area contributed by atoms with Crippen molar-refractivity contribution in [3.8, 4) is 0 Å². The number of nitrogens with one attached hydrogen (secondary N) is 1. The van der Waals surface area contributed by atoms with Crippen LogP contribution in [0.3, 0.4) is 0 Å². The predicted molar refractivity (Wildman–Crippen MR) is 84.0 cm³/mol. The number of piperidine rings is 1. The number of carbonyl (C=O) groups excluding carboxylic acids is 1. The smallest absolute Gasteiger partial charge is 0.228 e. The third kappa shape index (κ3) is 4.18. The number of sulfonamides is 1. The van der Waals surface area contributed by atoms with E-state index in [0.29, 0.717) is 30.1 Å². The Morgan fingerprint density at radius 2 is 2.14 bits per heavy atom. The molecule has 1 heterocycles. The lowest BCUT2D eigenvalue weighted by Crippen LogP contribution is -2.43. The van der Waals surface area contributed by atoms with Gasteiger partial charge in [0.15, 0.2) is 0 Å². The molecule has 1 aliphatic heterocycles. The molecule has 116 valence electrons. The van der Waals surface area contributed by atoms with Gasteiger partial charge in [0.05, 0.1) is 22.9 Å². The van der Waals surface area contributed by atoms with Crippen molar-refractivity contribution in [1.82, 2.24) is 4.31 Å². The summed E-state index contributed by atoms with van der Waals surface area (Å²) in [4.78, 5) is 12.3. The molecule has 0 radical (unpaired) electrons. The molecule has 1 fully saturated rings. The Morgan fingerprint density at radius 1 is 1.43 bits per heavy atom. The van der Waals surface area contributed by atoms with Crippen LogP contribution >= 0.6 is 11.6 Å². The Hall–Kier alpha value is -1.11. The highest BCUT2D eigenvalue weighted by Gasteiger charge is 2.30. The van der Waals surface area contributed by atoms with Crippen molar-refractivity contribution in [2.75, 3.05) is 24.7 Å². The van der Waals surface area contributed by atoms with Gasteiger partial charge in [-0.1, -0.05) is 17.7 Å². The van der Waals surface area contributed by atoms with Gasteiger partial charge < -0.3 is 5.32 Å². The Labute approximate surface area is 130 Å². The van der Waals surface area contributed by atoms with Crippen LogP contribution in [0.4, 0.5) is 5.69 Å². The van der Waals surface area contributed by atoms with Crippen molar-refractivity contribution in [2.45, 2.75) is 19.8 Å². The molecule has 2 rings (SSSR count). The van der Waals surface area contributed by atoms with E-state index < -0.39 is 10.0 Å². The highest BCUT2D eigenvalue weighted by atomic mass is 35.5. The van der Waals surface area contributed by atoms with E-state index in [1.807, 2.05) is 13.0 Å². The molecule has 1 N–H and O–H groups in total. The molecule has 1 amide bonds. The van der Waals surface area contributed by atoms with Crippen molar-refractivity contribution >= 4 is 33.2 Å². The molecule has 0 aromatic heterocycles. The fourth-order valence-corrected chi connectivity index (χ4v) is 3.61. The molecule has 1 unspecified atom stereocenters. The van der Waals surface area contributed by atoms with E-state index in [0.717, 1.165) is 5.56 Å². The number of aryl methyl sites for hydroxylation is 1. The Bertz CT molecular complexity index is 646. The van der Waals surface area contributed by atoms with Gasteiger partial charge >= 0.3 is 0 Å². The van der Waals surface area contributed by atoms with E-state index in [1.165, 1.54) is 10.6 Å². The summed E-state index contributed by atoms with van der Waals surface area (Å²) in [5.74, 6) is -0.528. The van der Waals surface area contributed by atoms with E-state index >= 15 is 0 Å². The molecule has 5 nitrogen and oxygen atoms in total. The number of anilines is 1. The zero-order valence-corrected chi connectivity index (χ0v) is 13.7. The normalized spacial score (nSPS) is 20.2. The highest BCUT2D eigenvalue weighted by Crippen LogP contribution is 2.25. The standard InChI is InChI=1S/C14H19ClN2O3S/c1-10-5-6-13(12(15)8-10)16-14(18)11-4-3-7-17(9-11)21(2,19)20/h5-6,8,11H,3-4,7,9H2,1-2H3,(H,16,18). The number of hydrogen-bond acceptors (Lipinski definition) is 3. The number of carbonyl (C=O) groups is 1. The van der Waals surface area contributed by atoms with E-state index in [1.54, 1.807) is 12.1 Å². The van der Waals surface area contributed by atoms with Crippen molar-refractivity contribution in [3.63, 3.8) is 0 Å². The van der Waals surface area contributed by atoms with Crippen LogP contribution < -0.4 is 5.32 Å². The van der Waals surface area contributed by atoms with Crippen LogP contribution in [0, 0.1) is 12.8 Å². The minimum absolute atomic E-state index is 0.186. The van der Waals surface area contributed by atoms with Crippen molar-refractivity contribution in [2.24, 2.45) is 5.92 Å². The van der Waals surface area contributed by atoms with Crippen LogP contribution in [0.5, 0.6) is 0 Å². The van der Waals surface area contributed by atoms with E-state index in [9.17, 15) is 13.2 Å². The van der Waals surface area contributed by atoms with E-state index in [4.69, 9.17) is 11.6 Å². The summed E-state index contributed by atoms with van der Waals surface area (Å²) in [5, 5.41) is 3.27. The molecule has 1 aromatic rings. The van der Waals surface area contributed by atoms with Gasteiger partial charge in [-0.15, -0.1) is 0 Å². The summed E-state index contributed by atoms with van der Waals surface area (Å²) in [6.07, 6.45) is 2.54. The third-order valence-electron chi connectivity index (χ3n) is 3.61. The van der Waals surface area contributed by atoms with Crippen LogP contribution in [0.25, 0.3) is 0 Å². The van der Waals surface area contributed by atoms with Gasteiger partial charge in [-0.25, -0.2) is 12.7 Å². The predicted octanol–water partition coefficient (Wildman–Crippen LogP) is 2.26. The van der Waals surface area contributed by atoms with Crippen LogP contribution in [0.15, 0.2) is 18.2 Å². The monoisotopic (exact) mass is 330 g/mol. The Morgan fingerprint density at radius 3 is 2.76 bits per heavy atom. The first-order valence-corrected chi connectivity index (χ1v) is 9.02. The summed E-state index contributed by atoms with van der Waals surface area (Å²) in [5.41, 5.74) is 1.57. The highest BCUT2D eigenvalue weighted by molar-refractivity contribution is 7.88. The molecular formula is C14H19ClN2O3S. The number of nitrogens with zero attached hydrogens (tertiary/aromatic N) is 1. The van der Waals surface area contributed by atoms with E-state index in [-0.39, 0.29) is 18.4 Å². The molecule has 1 saturated heterocycles. The SMILES string of the molecule is Cc1ccc(NC(=O)C2CCCN(S(C)(=O)=O)C2)c(Cl)c1. The van der Waals surface area contributed by atoms with Gasteiger partial charge in [0, 0.05) is 13.1 Å². The van der Waals surface area contributed by atoms with Gasteiger partial charge in [-0.3, -0.25) is 4.79 Å². The van der Waals surface area contributed by atoms with Gasteiger partial charge in [0.1, 0.15) is 0 Å². The van der Waals surface area contributed by atoms with Crippen LogP contribution in [0.1, 0.15) is 18.4 Å². The maximum atomic E-state index is 12.3. The van der Waals surface area contributed by atoms with Gasteiger partial charge in [-0.05, 0) is 37.5 Å². The maximum absolute atomic E-state index is 12.3. The average Bonchev–Trinajstić information content (AvgIpc) is 2.41. The fraction of sp³-hybridized carbons (Fsp3) is 0.500. The summed E-state index contributed by atoms with van der Waals surface area (Å²) in [7, 11) is -3.25. The molecule has 1 aromatic carbocycles. The lowest BCUT2D eigenvalue weighted by Gasteiger charge is -2.30. The quantitative estimate of drug-likeness (QED) is 0.924. The Balaban J connectivity index is 2.06. The summed E-state index contributed by atoms with van der Waals surface area (Å²) < 4.78 is 24.5. The van der Waals surface area contributed by atoms with Crippen molar-refractivity contribution in [3.05, 3.63) is 28.8 Å². The lowest BCUT2D eigenvalue weighted by atomic mass is 9.98.